The summed E-state index contributed by atoms with van der Waals surface area (Å²) in [5.41, 5.74) is 7.71. The van der Waals surface area contributed by atoms with Crippen LogP contribution in [-0.2, 0) is 9.47 Å². The van der Waals surface area contributed by atoms with Crippen molar-refractivity contribution in [3.8, 4) is 0 Å². The van der Waals surface area contributed by atoms with Gasteiger partial charge in [-0.05, 0) is 111 Å². The Morgan fingerprint density at radius 2 is 1.94 bits per heavy atom. The van der Waals surface area contributed by atoms with E-state index in [2.05, 4.69) is 19.9 Å². The lowest BCUT2D eigenvalue weighted by molar-refractivity contribution is -0.219. The van der Waals surface area contributed by atoms with E-state index in [1.165, 1.54) is 63.4 Å². The topological polar surface area (TPSA) is 57.6 Å². The van der Waals surface area contributed by atoms with Crippen molar-refractivity contribution in [2.45, 2.75) is 95.7 Å². The van der Waals surface area contributed by atoms with Gasteiger partial charge in [-0.15, -0.1) is 0 Å². The van der Waals surface area contributed by atoms with Crippen molar-refractivity contribution in [2.24, 2.45) is 34.3 Å². The van der Waals surface area contributed by atoms with E-state index in [0.717, 1.165) is 31.4 Å². The summed E-state index contributed by atoms with van der Waals surface area (Å²) in [4.78, 5) is 0. The van der Waals surface area contributed by atoms with E-state index >= 15 is 0 Å². The number of hydrogen-bond donors (Lipinski definition) is 1. The van der Waals surface area contributed by atoms with Crippen molar-refractivity contribution in [1.29, 1.82) is 0 Å². The third kappa shape index (κ3) is 3.19. The van der Waals surface area contributed by atoms with Gasteiger partial charge in [0, 0.05) is 19.1 Å². The number of nitrogens with two attached hydrogens (primary N) is 1. The van der Waals surface area contributed by atoms with Gasteiger partial charge in [0.1, 0.15) is 0 Å². The molecule has 1 heterocycles. The maximum atomic E-state index is 6.65. The lowest BCUT2D eigenvalue weighted by Crippen LogP contribution is -2.62. The molecule has 4 nitrogen and oxygen atoms in total. The van der Waals surface area contributed by atoms with Crippen LogP contribution in [-0.4, -0.2) is 32.0 Å². The first-order valence-electron chi connectivity index (χ1n) is 12.9. The summed E-state index contributed by atoms with van der Waals surface area (Å²) >= 11 is 0. The van der Waals surface area contributed by atoms with Crippen molar-refractivity contribution in [3.05, 3.63) is 24.2 Å². The molecule has 4 saturated carbocycles. The smallest absolute Gasteiger partial charge is 0.0937 e. The molecule has 0 bridgehead atoms. The minimum atomic E-state index is 0.0142. The molecular formula is C27H43NO3. The predicted octanol–water partition coefficient (Wildman–Crippen LogP) is 5.91. The summed E-state index contributed by atoms with van der Waals surface area (Å²) in [5, 5.41) is 0. The number of methoxy groups -OCH3 is 1. The number of furan rings is 1. The Balaban J connectivity index is 1.38. The monoisotopic (exact) mass is 429 g/mol. The highest BCUT2D eigenvalue weighted by molar-refractivity contribution is 5.27. The molecule has 5 rings (SSSR count). The predicted molar refractivity (Wildman–Crippen MR) is 123 cm³/mol. The van der Waals surface area contributed by atoms with Crippen LogP contribution < -0.4 is 5.73 Å². The van der Waals surface area contributed by atoms with Gasteiger partial charge in [-0.3, -0.25) is 0 Å². The van der Waals surface area contributed by atoms with Crippen molar-refractivity contribution < 1.29 is 13.9 Å². The highest BCUT2D eigenvalue weighted by atomic mass is 16.5. The zero-order valence-electron chi connectivity index (χ0n) is 19.9. The van der Waals surface area contributed by atoms with Gasteiger partial charge in [-0.1, -0.05) is 13.8 Å². The average Bonchev–Trinajstić information content (AvgIpc) is 3.39. The van der Waals surface area contributed by atoms with E-state index in [1.807, 2.05) is 19.6 Å². The van der Waals surface area contributed by atoms with Crippen LogP contribution in [0.2, 0.25) is 0 Å². The first kappa shape index (κ1) is 22.0. The van der Waals surface area contributed by atoms with Crippen molar-refractivity contribution in [1.82, 2.24) is 0 Å². The largest absolute Gasteiger partial charge is 0.472 e. The van der Waals surface area contributed by atoms with Gasteiger partial charge < -0.3 is 19.6 Å². The average molecular weight is 430 g/mol. The molecule has 4 heteroatoms. The van der Waals surface area contributed by atoms with Crippen LogP contribution in [0.25, 0.3) is 0 Å². The van der Waals surface area contributed by atoms with Crippen molar-refractivity contribution in [2.75, 3.05) is 20.3 Å². The molecule has 0 aromatic carbocycles. The maximum absolute atomic E-state index is 6.65. The summed E-state index contributed by atoms with van der Waals surface area (Å²) in [6.45, 7) is 6.72. The summed E-state index contributed by atoms with van der Waals surface area (Å²) in [7, 11) is 2.01. The highest BCUT2D eigenvalue weighted by Gasteiger charge is 2.68. The van der Waals surface area contributed by atoms with Gasteiger partial charge in [0.05, 0.1) is 24.2 Å². The Kier molecular flexibility index (Phi) is 5.80. The fourth-order valence-electron chi connectivity index (χ4n) is 9.13. The minimum Gasteiger partial charge on any atom is -0.472 e. The third-order valence-corrected chi connectivity index (χ3v) is 10.8. The molecule has 31 heavy (non-hydrogen) atoms. The first-order chi connectivity index (χ1) is 15.0. The second-order valence-electron chi connectivity index (χ2n) is 11.6. The molecule has 0 unspecified atom stereocenters. The summed E-state index contributed by atoms with van der Waals surface area (Å²) < 4.78 is 18.4. The zero-order valence-corrected chi connectivity index (χ0v) is 19.9. The molecule has 0 aliphatic heterocycles. The summed E-state index contributed by atoms with van der Waals surface area (Å²) in [6.07, 6.45) is 16.8. The molecule has 0 saturated heterocycles. The van der Waals surface area contributed by atoms with E-state index in [1.54, 1.807) is 0 Å². The van der Waals surface area contributed by atoms with Crippen molar-refractivity contribution in [3.63, 3.8) is 0 Å². The van der Waals surface area contributed by atoms with Gasteiger partial charge in [0.15, 0.2) is 0 Å². The van der Waals surface area contributed by atoms with Crippen LogP contribution >= 0.6 is 0 Å². The van der Waals surface area contributed by atoms with E-state index in [9.17, 15) is 0 Å². The van der Waals surface area contributed by atoms with Crippen LogP contribution in [0.4, 0.5) is 0 Å². The zero-order chi connectivity index (χ0) is 21.7. The highest BCUT2D eigenvalue weighted by Crippen LogP contribution is 2.71. The molecule has 0 amide bonds. The molecular weight excluding hydrogens is 386 g/mol. The fourth-order valence-corrected chi connectivity index (χ4v) is 9.13. The van der Waals surface area contributed by atoms with Gasteiger partial charge >= 0.3 is 0 Å². The second-order valence-corrected chi connectivity index (χ2v) is 11.6. The lowest BCUT2D eigenvalue weighted by atomic mass is 9.43. The minimum absolute atomic E-state index is 0.0142. The van der Waals surface area contributed by atoms with Crippen molar-refractivity contribution >= 4 is 0 Å². The van der Waals surface area contributed by atoms with E-state index < -0.39 is 0 Å². The standard InChI is InChI=1S/C27H43NO3/c1-25-11-7-21(31-15-4-14-28)17-20(25)5-6-24-23(25)8-12-26(2)22(19-10-16-30-18-19)9-13-27(24,26)29-3/h10,16,18,20-24H,4-9,11-15,17,28H2,1-3H3/t20-,21+,22-,23+,24-,25+,26-,27+/m1/s1. The molecule has 1 aromatic rings. The summed E-state index contributed by atoms with van der Waals surface area (Å²) in [6, 6.07) is 2.19. The first-order valence-corrected chi connectivity index (χ1v) is 12.9. The molecule has 4 aliphatic carbocycles. The Bertz CT molecular complexity index is 750. The SMILES string of the molecule is CO[C@]12CC[C@H](c3ccoc3)[C@@]1(C)CC[C@H]1[C@H]2CC[C@@H]2C[C@@H](OCCCN)CC[C@@]21C. The number of hydrogen-bond acceptors (Lipinski definition) is 4. The van der Waals surface area contributed by atoms with E-state index in [-0.39, 0.29) is 11.0 Å². The van der Waals surface area contributed by atoms with Crippen LogP contribution in [0.3, 0.4) is 0 Å². The van der Waals surface area contributed by atoms with Crippen LogP contribution in [0, 0.1) is 28.6 Å². The molecule has 4 fully saturated rings. The Labute approximate surface area is 188 Å². The third-order valence-electron chi connectivity index (χ3n) is 10.8. The Hall–Kier alpha value is -0.840. The van der Waals surface area contributed by atoms with Crippen LogP contribution in [0.15, 0.2) is 23.0 Å². The maximum Gasteiger partial charge on any atom is 0.0937 e. The van der Waals surface area contributed by atoms with Crippen LogP contribution in [0.5, 0.6) is 0 Å². The van der Waals surface area contributed by atoms with Gasteiger partial charge in [-0.2, -0.15) is 0 Å². The summed E-state index contributed by atoms with van der Waals surface area (Å²) in [5.74, 6) is 2.83. The Morgan fingerprint density at radius 1 is 1.06 bits per heavy atom. The fraction of sp³-hybridized carbons (Fsp3) is 0.852. The second kappa shape index (κ2) is 8.18. The number of rotatable bonds is 6. The molecule has 0 radical (unpaired) electrons. The molecule has 4 aliphatic rings. The molecule has 1 aromatic heterocycles. The van der Waals surface area contributed by atoms with Crippen LogP contribution in [0.1, 0.15) is 89.5 Å². The molecule has 174 valence electrons. The van der Waals surface area contributed by atoms with Gasteiger partial charge in [-0.25, -0.2) is 0 Å². The molecule has 0 spiro atoms. The van der Waals surface area contributed by atoms with E-state index in [4.69, 9.17) is 19.6 Å². The molecule has 2 N–H and O–H groups in total. The Morgan fingerprint density at radius 3 is 2.68 bits per heavy atom. The number of fused-ring (bicyclic) bond motifs is 5. The van der Waals surface area contributed by atoms with Gasteiger partial charge in [0.2, 0.25) is 0 Å². The quantitative estimate of drug-likeness (QED) is 0.571. The van der Waals surface area contributed by atoms with Gasteiger partial charge in [0.25, 0.3) is 0 Å². The van der Waals surface area contributed by atoms with E-state index in [0.29, 0.717) is 23.4 Å². The normalized spacial score (nSPS) is 46.9. The number of ether oxygens (including phenoxy) is 2. The lowest BCUT2D eigenvalue weighted by Gasteiger charge is -2.64. The molecule has 8 atom stereocenters.